The predicted molar refractivity (Wildman–Crippen MR) is 105 cm³/mol. The summed E-state index contributed by atoms with van der Waals surface area (Å²) in [6.45, 7) is 0. The van der Waals surface area contributed by atoms with Crippen LogP contribution in [-0.2, 0) is 4.74 Å². The van der Waals surface area contributed by atoms with E-state index in [-0.39, 0.29) is 10.6 Å². The Morgan fingerprint density at radius 2 is 1.36 bits per heavy atom. The fraction of sp³-hybridized carbons (Fsp3) is 0.176. The number of aromatic carboxylic acids is 1. The smallest absolute Gasteiger partial charge is 0.339 e. The molecule has 2 aromatic rings. The normalized spacial score (nSPS) is 9.80. The number of thioether (sulfide) groups is 2. The van der Waals surface area contributed by atoms with Crippen molar-refractivity contribution < 1.29 is 19.4 Å². The number of carbonyl (C=O) groups excluding carboxylic acids is 1. The van der Waals surface area contributed by atoms with Crippen molar-refractivity contribution in [3.05, 3.63) is 57.6 Å². The van der Waals surface area contributed by atoms with E-state index in [0.717, 1.165) is 9.79 Å². The van der Waals surface area contributed by atoms with Gasteiger partial charge in [0.25, 0.3) is 0 Å². The van der Waals surface area contributed by atoms with Crippen molar-refractivity contribution in [3.63, 3.8) is 0 Å². The maximum Gasteiger partial charge on any atom is 0.339 e. The van der Waals surface area contributed by atoms with Gasteiger partial charge in [-0.25, -0.2) is 9.59 Å². The van der Waals surface area contributed by atoms with E-state index in [4.69, 9.17) is 28.3 Å². The number of carboxylic acids is 1. The van der Waals surface area contributed by atoms with Gasteiger partial charge in [-0.1, -0.05) is 23.2 Å². The number of carbonyl (C=O) groups is 2. The molecule has 0 atom stereocenters. The molecule has 0 aromatic heterocycles. The van der Waals surface area contributed by atoms with Gasteiger partial charge in [-0.05, 0) is 48.9 Å². The van der Waals surface area contributed by atoms with E-state index >= 15 is 0 Å². The number of esters is 1. The Kier molecular flexibility index (Phi) is 9.21. The average molecular weight is 419 g/mol. The third kappa shape index (κ3) is 6.47. The number of hydrogen-bond donors (Lipinski definition) is 1. The van der Waals surface area contributed by atoms with Gasteiger partial charge in [0.2, 0.25) is 0 Å². The summed E-state index contributed by atoms with van der Waals surface area (Å²) >= 11 is 14.5. The number of hydrogen-bond acceptors (Lipinski definition) is 5. The van der Waals surface area contributed by atoms with E-state index < -0.39 is 11.9 Å². The van der Waals surface area contributed by atoms with Crippen molar-refractivity contribution in [2.45, 2.75) is 9.79 Å². The minimum absolute atomic E-state index is 0.156. The van der Waals surface area contributed by atoms with Gasteiger partial charge < -0.3 is 9.84 Å². The molecule has 0 aliphatic heterocycles. The van der Waals surface area contributed by atoms with Crippen LogP contribution in [0.3, 0.4) is 0 Å². The van der Waals surface area contributed by atoms with E-state index in [1.807, 2.05) is 18.6 Å². The summed E-state index contributed by atoms with van der Waals surface area (Å²) in [5.41, 5.74) is 0.569. The number of rotatable bonds is 4. The fourth-order valence-corrected chi connectivity index (χ4v) is 2.97. The Balaban J connectivity index is 0.000000251. The lowest BCUT2D eigenvalue weighted by atomic mass is 10.2. The highest BCUT2D eigenvalue weighted by molar-refractivity contribution is 7.98. The minimum atomic E-state index is -0.990. The van der Waals surface area contributed by atoms with E-state index in [0.29, 0.717) is 10.6 Å². The van der Waals surface area contributed by atoms with Crippen molar-refractivity contribution in [3.8, 4) is 0 Å². The summed E-state index contributed by atoms with van der Waals surface area (Å²) in [4.78, 5) is 23.7. The molecule has 0 unspecified atom stereocenters. The lowest BCUT2D eigenvalue weighted by molar-refractivity contribution is 0.0599. The second-order valence-electron chi connectivity index (χ2n) is 4.49. The van der Waals surface area contributed by atoms with Gasteiger partial charge in [-0.3, -0.25) is 0 Å². The van der Waals surface area contributed by atoms with E-state index in [1.165, 1.54) is 18.9 Å². The first kappa shape index (κ1) is 21.7. The van der Waals surface area contributed by atoms with Crippen LogP contribution in [-0.4, -0.2) is 36.7 Å². The molecule has 0 fully saturated rings. The zero-order valence-electron chi connectivity index (χ0n) is 13.7. The molecule has 0 amide bonds. The average Bonchev–Trinajstić information content (AvgIpc) is 2.62. The van der Waals surface area contributed by atoms with Gasteiger partial charge >= 0.3 is 11.9 Å². The molecule has 0 saturated heterocycles. The predicted octanol–water partition coefficient (Wildman–Crippen LogP) is 5.61. The standard InChI is InChI=1S/C9H9ClO2S.C8H7ClO2S/c1-12-9(11)7-5-6(13-2)3-4-8(7)10;1-12-5-2-3-7(9)6(4-5)8(10)11/h3-5H,1-2H3;2-4H,1H3,(H,10,11). The minimum Gasteiger partial charge on any atom is -0.478 e. The number of benzene rings is 2. The Morgan fingerprint density at radius 1 is 0.920 bits per heavy atom. The topological polar surface area (TPSA) is 63.6 Å². The van der Waals surface area contributed by atoms with Crippen molar-refractivity contribution in [1.29, 1.82) is 0 Å². The molecule has 0 heterocycles. The lowest BCUT2D eigenvalue weighted by Crippen LogP contribution is -2.01. The highest BCUT2D eigenvalue weighted by Crippen LogP contribution is 2.24. The number of halogens is 2. The second kappa shape index (κ2) is 10.6. The first-order chi connectivity index (χ1) is 11.8. The Morgan fingerprint density at radius 3 is 1.76 bits per heavy atom. The van der Waals surface area contributed by atoms with Crippen molar-refractivity contribution >= 4 is 58.7 Å². The molecule has 25 heavy (non-hydrogen) atoms. The third-order valence-corrected chi connectivity index (χ3v) is 5.09. The summed E-state index contributed by atoms with van der Waals surface area (Å²) in [6, 6.07) is 10.2. The Bertz CT molecular complexity index is 766. The van der Waals surface area contributed by atoms with Gasteiger partial charge in [-0.2, -0.15) is 0 Å². The largest absolute Gasteiger partial charge is 0.478 e. The van der Waals surface area contributed by atoms with Gasteiger partial charge in [0.1, 0.15) is 0 Å². The van der Waals surface area contributed by atoms with Crippen LogP contribution < -0.4 is 0 Å². The highest BCUT2D eigenvalue weighted by Gasteiger charge is 2.10. The third-order valence-electron chi connectivity index (χ3n) is 2.98. The van der Waals surface area contributed by atoms with Crippen molar-refractivity contribution in [2.24, 2.45) is 0 Å². The highest BCUT2D eigenvalue weighted by atomic mass is 35.5. The van der Waals surface area contributed by atoms with Gasteiger partial charge in [-0.15, -0.1) is 23.5 Å². The molecular formula is C17H16Cl2O4S2. The van der Waals surface area contributed by atoms with Crippen LogP contribution in [0.15, 0.2) is 46.2 Å². The zero-order valence-corrected chi connectivity index (χ0v) is 16.9. The molecule has 0 aliphatic carbocycles. The van der Waals surface area contributed by atoms with E-state index in [1.54, 1.807) is 42.1 Å². The van der Waals surface area contributed by atoms with E-state index in [2.05, 4.69) is 4.74 Å². The SMILES string of the molecule is COC(=O)c1cc(SC)ccc1Cl.CSc1ccc(Cl)c(C(=O)O)c1. The molecule has 134 valence electrons. The van der Waals surface area contributed by atoms with Crippen molar-refractivity contribution in [2.75, 3.05) is 19.6 Å². The van der Waals surface area contributed by atoms with Gasteiger partial charge in [0.05, 0.1) is 28.3 Å². The molecule has 4 nitrogen and oxygen atoms in total. The number of ether oxygens (including phenoxy) is 1. The Labute approximate surface area is 164 Å². The molecule has 0 saturated carbocycles. The van der Waals surface area contributed by atoms with Gasteiger partial charge in [0, 0.05) is 9.79 Å². The Hall–Kier alpha value is -1.34. The maximum absolute atomic E-state index is 11.2. The molecule has 0 radical (unpaired) electrons. The summed E-state index contributed by atoms with van der Waals surface area (Å²) in [6.07, 6.45) is 3.82. The van der Waals surface area contributed by atoms with Crippen LogP contribution in [0, 0.1) is 0 Å². The van der Waals surface area contributed by atoms with Crippen LogP contribution in [0.2, 0.25) is 10.0 Å². The fourth-order valence-electron chi connectivity index (χ4n) is 1.69. The molecule has 8 heteroatoms. The molecule has 0 aliphatic rings. The van der Waals surface area contributed by atoms with E-state index in [9.17, 15) is 9.59 Å². The second-order valence-corrected chi connectivity index (χ2v) is 7.06. The maximum atomic E-state index is 11.2. The molecule has 0 spiro atoms. The molecular weight excluding hydrogens is 403 g/mol. The molecule has 0 bridgehead atoms. The van der Waals surface area contributed by atoms with Crippen LogP contribution in [0.4, 0.5) is 0 Å². The molecule has 2 rings (SSSR count). The number of methoxy groups -OCH3 is 1. The lowest BCUT2D eigenvalue weighted by Gasteiger charge is -2.03. The zero-order chi connectivity index (χ0) is 19.0. The van der Waals surface area contributed by atoms with Gasteiger partial charge in [0.15, 0.2) is 0 Å². The van der Waals surface area contributed by atoms with Crippen LogP contribution >= 0.6 is 46.7 Å². The summed E-state index contributed by atoms with van der Waals surface area (Å²) < 4.78 is 4.58. The quantitative estimate of drug-likeness (QED) is 0.514. The summed E-state index contributed by atoms with van der Waals surface area (Å²) in [5.74, 6) is -1.39. The first-order valence-corrected chi connectivity index (χ1v) is 10.0. The van der Waals surface area contributed by atoms with Crippen LogP contribution in [0.25, 0.3) is 0 Å². The molecule has 2 aromatic carbocycles. The number of carboxylic acid groups (broad SMARTS) is 1. The summed E-state index contributed by atoms with van der Waals surface area (Å²) in [7, 11) is 1.34. The van der Waals surface area contributed by atoms with Crippen LogP contribution in [0.5, 0.6) is 0 Å². The van der Waals surface area contributed by atoms with Crippen molar-refractivity contribution in [1.82, 2.24) is 0 Å². The van der Waals surface area contributed by atoms with Crippen LogP contribution in [0.1, 0.15) is 20.7 Å². The summed E-state index contributed by atoms with van der Waals surface area (Å²) in [5, 5.41) is 9.39. The monoisotopic (exact) mass is 418 g/mol. The first-order valence-electron chi connectivity index (χ1n) is 6.82. The molecule has 1 N–H and O–H groups in total.